The highest BCUT2D eigenvalue weighted by molar-refractivity contribution is 6.23. The number of hydrogen-bond acceptors (Lipinski definition) is 5. The van der Waals surface area contributed by atoms with E-state index in [0.717, 1.165) is 4.90 Å². The van der Waals surface area contributed by atoms with Gasteiger partial charge in [-0.15, -0.1) is 0 Å². The number of fused-ring (bicyclic) bond motifs is 1. The van der Waals surface area contributed by atoms with E-state index >= 15 is 0 Å². The molecular formula is C20H18N2O6. The normalized spacial score (nSPS) is 15.5. The Balaban J connectivity index is 2.05. The lowest BCUT2D eigenvalue weighted by Gasteiger charge is -2.36. The number of aliphatic carboxylic acids is 1. The average molecular weight is 382 g/mol. The molecule has 8 heteroatoms. The van der Waals surface area contributed by atoms with E-state index in [2.05, 4.69) is 0 Å². The Morgan fingerprint density at radius 2 is 1.57 bits per heavy atom. The molecule has 144 valence electrons. The Morgan fingerprint density at radius 3 is 2.07 bits per heavy atom. The zero-order chi connectivity index (χ0) is 20.8. The van der Waals surface area contributed by atoms with Crippen molar-refractivity contribution in [1.82, 2.24) is 4.90 Å². The largest absolute Gasteiger partial charge is 0.479 e. The zero-order valence-electron chi connectivity index (χ0n) is 15.5. The molecule has 2 aromatic rings. The lowest BCUT2D eigenvalue weighted by molar-refractivity contribution is -0.384. The Hall–Kier alpha value is -3.55. The minimum atomic E-state index is -1.68. The first-order chi connectivity index (χ1) is 13.1. The van der Waals surface area contributed by atoms with Crippen LogP contribution in [0.2, 0.25) is 0 Å². The molecule has 3 rings (SSSR count). The van der Waals surface area contributed by atoms with Crippen molar-refractivity contribution in [3.63, 3.8) is 0 Å². The third kappa shape index (κ3) is 2.74. The van der Waals surface area contributed by atoms with Gasteiger partial charge in [0, 0.05) is 12.1 Å². The first kappa shape index (κ1) is 19.2. The molecule has 0 aromatic heterocycles. The molecule has 2 aromatic carbocycles. The predicted octanol–water partition coefficient (Wildman–Crippen LogP) is 3.36. The number of hydrogen-bond donors (Lipinski definition) is 1. The number of carbonyl (C=O) groups is 3. The van der Waals surface area contributed by atoms with Gasteiger partial charge in [-0.3, -0.25) is 24.6 Å². The second-order valence-corrected chi connectivity index (χ2v) is 7.12. The summed E-state index contributed by atoms with van der Waals surface area (Å²) in [6.07, 6.45) is 0. The maximum absolute atomic E-state index is 12.9. The lowest BCUT2D eigenvalue weighted by Crippen LogP contribution is -2.58. The summed E-state index contributed by atoms with van der Waals surface area (Å²) in [6.45, 7) is 4.64. The first-order valence-electron chi connectivity index (χ1n) is 8.60. The van der Waals surface area contributed by atoms with E-state index in [1.807, 2.05) is 0 Å². The van der Waals surface area contributed by atoms with Crippen molar-refractivity contribution in [3.05, 3.63) is 63.7 Å². The molecule has 0 fully saturated rings. The Kier molecular flexibility index (Phi) is 4.50. The van der Waals surface area contributed by atoms with E-state index in [-0.39, 0.29) is 16.8 Å². The van der Waals surface area contributed by atoms with Crippen LogP contribution >= 0.6 is 0 Å². The molecule has 0 saturated carbocycles. The monoisotopic (exact) mass is 382 g/mol. The molecule has 1 aliphatic heterocycles. The SMILES string of the molecule is CC(C)C(C)(C(=O)O)N1C(=O)c2ccc(-c3ccc([N+](=O)[O-])cc3)cc2C1=O. The summed E-state index contributed by atoms with van der Waals surface area (Å²) in [5, 5.41) is 20.5. The number of carboxylic acids is 1. The van der Waals surface area contributed by atoms with E-state index in [0.29, 0.717) is 11.1 Å². The third-order valence-electron chi connectivity index (χ3n) is 5.32. The molecule has 2 amide bonds. The number of amides is 2. The van der Waals surface area contributed by atoms with Gasteiger partial charge in [-0.05, 0) is 48.2 Å². The number of non-ortho nitro benzene ring substituents is 1. The third-order valence-corrected chi connectivity index (χ3v) is 5.32. The van der Waals surface area contributed by atoms with E-state index in [1.54, 1.807) is 32.0 Å². The van der Waals surface area contributed by atoms with Crippen molar-refractivity contribution >= 4 is 23.5 Å². The fraction of sp³-hybridized carbons (Fsp3) is 0.250. The van der Waals surface area contributed by atoms with Crippen LogP contribution in [0.3, 0.4) is 0 Å². The summed E-state index contributed by atoms with van der Waals surface area (Å²) in [6, 6.07) is 10.4. The minimum Gasteiger partial charge on any atom is -0.479 e. The van der Waals surface area contributed by atoms with Crippen molar-refractivity contribution in [3.8, 4) is 11.1 Å². The maximum atomic E-state index is 12.9. The molecular weight excluding hydrogens is 364 g/mol. The molecule has 1 unspecified atom stereocenters. The summed E-state index contributed by atoms with van der Waals surface area (Å²) >= 11 is 0. The first-order valence-corrected chi connectivity index (χ1v) is 8.60. The molecule has 0 spiro atoms. The number of rotatable bonds is 5. The highest BCUT2D eigenvalue weighted by Crippen LogP contribution is 2.36. The quantitative estimate of drug-likeness (QED) is 0.481. The molecule has 0 saturated heterocycles. The van der Waals surface area contributed by atoms with E-state index in [1.165, 1.54) is 31.2 Å². The summed E-state index contributed by atoms with van der Waals surface area (Å²) in [4.78, 5) is 48.7. The zero-order valence-corrected chi connectivity index (χ0v) is 15.5. The van der Waals surface area contributed by atoms with Gasteiger partial charge >= 0.3 is 5.97 Å². The van der Waals surface area contributed by atoms with Gasteiger partial charge in [-0.1, -0.05) is 19.9 Å². The molecule has 0 bridgehead atoms. The number of benzene rings is 2. The summed E-state index contributed by atoms with van der Waals surface area (Å²) in [5.41, 5.74) is -0.245. The second kappa shape index (κ2) is 6.56. The van der Waals surface area contributed by atoms with Crippen molar-refractivity contribution in [2.24, 2.45) is 5.92 Å². The molecule has 1 atom stereocenters. The van der Waals surface area contributed by atoms with Crippen molar-refractivity contribution in [2.45, 2.75) is 26.3 Å². The number of carboxylic acid groups (broad SMARTS) is 1. The van der Waals surface area contributed by atoms with Crippen molar-refractivity contribution in [1.29, 1.82) is 0 Å². The smallest absolute Gasteiger partial charge is 0.330 e. The molecule has 28 heavy (non-hydrogen) atoms. The topological polar surface area (TPSA) is 118 Å². The molecule has 1 N–H and O–H groups in total. The van der Waals surface area contributed by atoms with E-state index in [4.69, 9.17) is 0 Å². The molecule has 0 aliphatic carbocycles. The number of nitro groups is 1. The van der Waals surface area contributed by atoms with Gasteiger partial charge in [0.15, 0.2) is 0 Å². The number of nitro benzene ring substituents is 1. The van der Waals surface area contributed by atoms with Crippen LogP contribution < -0.4 is 0 Å². The standard InChI is InChI=1S/C20H18N2O6/c1-11(2)20(3,19(25)26)21-17(23)15-9-6-13(10-16(15)18(21)24)12-4-7-14(8-5-12)22(27)28/h4-11H,1-3H3,(H,25,26). The number of imide groups is 1. The number of nitrogens with zero attached hydrogens (tertiary/aromatic N) is 2. The fourth-order valence-corrected chi connectivity index (χ4v) is 3.22. The van der Waals surface area contributed by atoms with Crippen LogP contribution in [0.5, 0.6) is 0 Å². The van der Waals surface area contributed by atoms with Crippen LogP contribution in [0.15, 0.2) is 42.5 Å². The molecule has 0 radical (unpaired) electrons. The average Bonchev–Trinajstić information content (AvgIpc) is 2.91. The van der Waals surface area contributed by atoms with Gasteiger partial charge in [0.2, 0.25) is 0 Å². The van der Waals surface area contributed by atoms with Gasteiger partial charge < -0.3 is 5.11 Å². The Bertz CT molecular complexity index is 1010. The fourth-order valence-electron chi connectivity index (χ4n) is 3.22. The second-order valence-electron chi connectivity index (χ2n) is 7.12. The highest BCUT2D eigenvalue weighted by atomic mass is 16.6. The van der Waals surface area contributed by atoms with Crippen LogP contribution in [-0.2, 0) is 4.79 Å². The number of carbonyl (C=O) groups excluding carboxylic acids is 2. The van der Waals surface area contributed by atoms with Gasteiger partial charge in [-0.25, -0.2) is 4.79 Å². The van der Waals surface area contributed by atoms with Crippen LogP contribution in [0.4, 0.5) is 5.69 Å². The summed E-state index contributed by atoms with van der Waals surface area (Å²) in [7, 11) is 0. The van der Waals surface area contributed by atoms with Crippen LogP contribution in [0.25, 0.3) is 11.1 Å². The summed E-state index contributed by atoms with van der Waals surface area (Å²) in [5.74, 6) is -3.06. The maximum Gasteiger partial charge on any atom is 0.330 e. The van der Waals surface area contributed by atoms with E-state index in [9.17, 15) is 29.6 Å². The Morgan fingerprint density at radius 1 is 1.04 bits per heavy atom. The van der Waals surface area contributed by atoms with Gasteiger partial charge in [0.05, 0.1) is 16.1 Å². The van der Waals surface area contributed by atoms with E-state index < -0.39 is 34.2 Å². The van der Waals surface area contributed by atoms with Crippen LogP contribution in [0.1, 0.15) is 41.5 Å². The highest BCUT2D eigenvalue weighted by Gasteiger charge is 2.52. The van der Waals surface area contributed by atoms with Crippen LogP contribution in [0, 0.1) is 16.0 Å². The lowest BCUT2D eigenvalue weighted by atomic mass is 9.86. The molecule has 8 nitrogen and oxygen atoms in total. The van der Waals surface area contributed by atoms with Crippen molar-refractivity contribution < 1.29 is 24.4 Å². The van der Waals surface area contributed by atoms with Gasteiger partial charge in [0.1, 0.15) is 5.54 Å². The molecule has 1 aliphatic rings. The predicted molar refractivity (Wildman–Crippen MR) is 99.9 cm³/mol. The van der Waals surface area contributed by atoms with Crippen molar-refractivity contribution in [2.75, 3.05) is 0 Å². The summed E-state index contributed by atoms with van der Waals surface area (Å²) < 4.78 is 0. The van der Waals surface area contributed by atoms with Gasteiger partial charge in [-0.2, -0.15) is 0 Å². The molecule has 1 heterocycles. The van der Waals surface area contributed by atoms with Gasteiger partial charge in [0.25, 0.3) is 17.5 Å². The Labute approximate surface area is 160 Å². The minimum absolute atomic E-state index is 0.0588. The van der Waals surface area contributed by atoms with Crippen LogP contribution in [-0.4, -0.2) is 38.3 Å².